The van der Waals surface area contributed by atoms with Crippen LogP contribution in [0.1, 0.15) is 20.3 Å². The minimum absolute atomic E-state index is 0.207. The van der Waals surface area contributed by atoms with Gasteiger partial charge in [0.1, 0.15) is 5.78 Å². The van der Waals surface area contributed by atoms with Crippen LogP contribution in [0.5, 0.6) is 0 Å². The van der Waals surface area contributed by atoms with Gasteiger partial charge in [0, 0.05) is 27.5 Å². The molecule has 0 radical (unpaired) electrons. The van der Waals surface area contributed by atoms with Gasteiger partial charge in [0.05, 0.1) is 0 Å². The smallest absolute Gasteiger partial charge is 0.135 e. The normalized spacial score (nSPS) is 12.2. The molecule has 0 N–H and O–H groups in total. The minimum Gasteiger partial charge on any atom is -0.300 e. The Balaban J connectivity index is 3.62. The third kappa shape index (κ3) is 7.66. The maximum atomic E-state index is 10.7. The van der Waals surface area contributed by atoms with E-state index in [2.05, 4.69) is 18.1 Å². The molecule has 0 saturated heterocycles. The van der Waals surface area contributed by atoms with Gasteiger partial charge >= 0.3 is 0 Å². The maximum absolute atomic E-state index is 10.7. The molecular formula is C9H19NOSi. The van der Waals surface area contributed by atoms with Crippen LogP contribution in [-0.4, -0.2) is 26.8 Å². The average Bonchev–Trinajstić information content (AvgIpc) is 1.84. The first-order chi connectivity index (χ1) is 5.52. The van der Waals surface area contributed by atoms with Crippen molar-refractivity contribution in [3.63, 3.8) is 0 Å². The van der Waals surface area contributed by atoms with Crippen molar-refractivity contribution >= 4 is 20.3 Å². The van der Waals surface area contributed by atoms with Crippen LogP contribution in [0, 0.1) is 0 Å². The van der Waals surface area contributed by atoms with E-state index < -0.39 is 8.80 Å². The second-order valence-corrected chi connectivity index (χ2v) is 7.04. The molecule has 3 heteroatoms. The predicted octanol–water partition coefficient (Wildman–Crippen LogP) is 1.91. The van der Waals surface area contributed by atoms with Crippen LogP contribution >= 0.6 is 0 Å². The lowest BCUT2D eigenvalue weighted by atomic mass is 10.2. The molecule has 0 spiro atoms. The first kappa shape index (κ1) is 11.6. The molecule has 0 bridgehead atoms. The number of aliphatic imine (C=N–C) groups is 1. The summed E-state index contributed by atoms with van der Waals surface area (Å²) in [5, 5.41) is 0. The van der Waals surface area contributed by atoms with Gasteiger partial charge in [-0.1, -0.05) is 13.1 Å². The summed E-state index contributed by atoms with van der Waals surface area (Å²) in [5.41, 5.74) is 0.983. The van der Waals surface area contributed by atoms with Gasteiger partial charge in [-0.2, -0.15) is 0 Å². The van der Waals surface area contributed by atoms with Gasteiger partial charge < -0.3 is 0 Å². The van der Waals surface area contributed by atoms with Crippen LogP contribution in [0.4, 0.5) is 0 Å². The summed E-state index contributed by atoms with van der Waals surface area (Å²) >= 11 is 0. The first-order valence-corrected chi connectivity index (χ1v) is 7.64. The molecular weight excluding hydrogens is 166 g/mol. The predicted molar refractivity (Wildman–Crippen MR) is 57.0 cm³/mol. The number of hydrogen-bond acceptors (Lipinski definition) is 2. The maximum Gasteiger partial charge on any atom is 0.135 e. The van der Waals surface area contributed by atoms with Crippen molar-refractivity contribution in [1.29, 1.82) is 0 Å². The Kier molecular flexibility index (Phi) is 5.89. The molecule has 0 aromatic heterocycles. The molecule has 2 nitrogen and oxygen atoms in total. The monoisotopic (exact) mass is 185 g/mol. The highest BCUT2D eigenvalue weighted by Crippen LogP contribution is 1.94. The largest absolute Gasteiger partial charge is 0.300 e. The van der Waals surface area contributed by atoms with Crippen LogP contribution in [0.2, 0.25) is 19.1 Å². The van der Waals surface area contributed by atoms with Crippen molar-refractivity contribution in [1.82, 2.24) is 0 Å². The molecule has 0 aromatic carbocycles. The van der Waals surface area contributed by atoms with Crippen molar-refractivity contribution in [3.05, 3.63) is 0 Å². The minimum atomic E-state index is -0.457. The van der Waals surface area contributed by atoms with E-state index in [0.29, 0.717) is 6.42 Å². The molecule has 70 valence electrons. The van der Waals surface area contributed by atoms with Gasteiger partial charge in [0.15, 0.2) is 0 Å². The Hall–Kier alpha value is -0.443. The first-order valence-electron chi connectivity index (χ1n) is 4.51. The molecule has 0 rings (SSSR count). The van der Waals surface area contributed by atoms with E-state index in [1.165, 1.54) is 6.04 Å². The fourth-order valence-electron chi connectivity index (χ4n) is 0.930. The van der Waals surface area contributed by atoms with E-state index in [1.807, 2.05) is 6.92 Å². The van der Waals surface area contributed by atoms with Crippen LogP contribution in [0.3, 0.4) is 0 Å². The van der Waals surface area contributed by atoms with Crippen molar-refractivity contribution in [2.24, 2.45) is 4.99 Å². The van der Waals surface area contributed by atoms with Gasteiger partial charge in [-0.25, -0.2) is 0 Å². The fraction of sp³-hybridized carbons (Fsp3) is 0.778. The summed E-state index contributed by atoms with van der Waals surface area (Å²) in [4.78, 5) is 15.0. The summed E-state index contributed by atoms with van der Waals surface area (Å²) in [6.45, 7) is 9.09. The molecule has 0 atom stereocenters. The zero-order chi connectivity index (χ0) is 9.56. The summed E-state index contributed by atoms with van der Waals surface area (Å²) < 4.78 is 0. The number of hydrogen-bond donors (Lipinski definition) is 0. The summed E-state index contributed by atoms with van der Waals surface area (Å²) in [6, 6.07) is 1.25. The molecule has 0 aromatic rings. The fourth-order valence-corrected chi connectivity index (χ4v) is 1.58. The number of rotatable bonds is 5. The van der Waals surface area contributed by atoms with Crippen molar-refractivity contribution in [3.8, 4) is 0 Å². The molecule has 0 aliphatic heterocycles. The summed E-state index contributed by atoms with van der Waals surface area (Å²) in [7, 11) is -0.457. The number of carbonyl (C=O) groups is 1. The van der Waals surface area contributed by atoms with E-state index in [4.69, 9.17) is 0 Å². The lowest BCUT2D eigenvalue weighted by molar-refractivity contribution is -0.115. The van der Waals surface area contributed by atoms with Crippen molar-refractivity contribution in [2.75, 3.05) is 6.54 Å². The third-order valence-electron chi connectivity index (χ3n) is 1.59. The van der Waals surface area contributed by atoms with Gasteiger partial charge in [0.25, 0.3) is 0 Å². The van der Waals surface area contributed by atoms with E-state index >= 15 is 0 Å². The molecule has 0 heterocycles. The van der Waals surface area contributed by atoms with Crippen LogP contribution in [-0.2, 0) is 4.79 Å². The highest BCUT2D eigenvalue weighted by Gasteiger charge is 1.97. The number of ketones is 1. The lowest BCUT2D eigenvalue weighted by Gasteiger charge is -2.00. The van der Waals surface area contributed by atoms with Crippen LogP contribution in [0.25, 0.3) is 0 Å². The van der Waals surface area contributed by atoms with Crippen molar-refractivity contribution in [2.45, 2.75) is 39.4 Å². The molecule has 0 fully saturated rings. The third-order valence-corrected chi connectivity index (χ3v) is 3.01. The van der Waals surface area contributed by atoms with Gasteiger partial charge in [-0.15, -0.1) is 0 Å². The Morgan fingerprint density at radius 3 is 2.33 bits per heavy atom. The summed E-state index contributed by atoms with van der Waals surface area (Å²) in [6.07, 6.45) is 0.527. The number of Topliss-reactive ketones (excluding diaryl/α,β-unsaturated/α-hetero) is 1. The number of nitrogens with zero attached hydrogens (tertiary/aromatic N) is 1. The number of carbonyl (C=O) groups excluding carboxylic acids is 1. The van der Waals surface area contributed by atoms with Gasteiger partial charge in [-0.3, -0.25) is 9.79 Å². The van der Waals surface area contributed by atoms with Gasteiger partial charge in [0.2, 0.25) is 0 Å². The standard InChI is InChI=1S/C9H19NOSi/c1-8(7-9(2)11)10-5-6-12(3)4/h12H,5-7H2,1-4H3/b10-8+. The van der Waals surface area contributed by atoms with E-state index in [-0.39, 0.29) is 5.78 Å². The van der Waals surface area contributed by atoms with Crippen molar-refractivity contribution < 1.29 is 4.79 Å². The van der Waals surface area contributed by atoms with Crippen LogP contribution in [0.15, 0.2) is 4.99 Å². The second kappa shape index (κ2) is 6.12. The Bertz CT molecular complexity index is 175. The van der Waals surface area contributed by atoms with Gasteiger partial charge in [-0.05, 0) is 19.9 Å². The van der Waals surface area contributed by atoms with E-state index in [0.717, 1.165) is 12.3 Å². The zero-order valence-corrected chi connectivity index (χ0v) is 9.71. The molecule has 0 aliphatic rings. The molecule has 0 saturated carbocycles. The zero-order valence-electron chi connectivity index (χ0n) is 8.55. The quantitative estimate of drug-likeness (QED) is 0.475. The van der Waals surface area contributed by atoms with E-state index in [9.17, 15) is 4.79 Å². The highest BCUT2D eigenvalue weighted by molar-refractivity contribution is 6.55. The molecule has 0 amide bonds. The SMILES string of the molecule is CC(=O)C/C(C)=N/CC[SiH](C)C. The van der Waals surface area contributed by atoms with E-state index in [1.54, 1.807) is 6.92 Å². The Morgan fingerprint density at radius 2 is 1.92 bits per heavy atom. The molecule has 0 unspecified atom stereocenters. The Labute approximate surface area is 76.7 Å². The van der Waals surface area contributed by atoms with Crippen LogP contribution < -0.4 is 0 Å². The highest BCUT2D eigenvalue weighted by atomic mass is 28.3. The second-order valence-electron chi connectivity index (χ2n) is 3.68. The Morgan fingerprint density at radius 1 is 1.33 bits per heavy atom. The molecule has 0 aliphatic carbocycles. The average molecular weight is 185 g/mol. The topological polar surface area (TPSA) is 29.4 Å². The lowest BCUT2D eigenvalue weighted by Crippen LogP contribution is -2.04. The molecule has 12 heavy (non-hydrogen) atoms. The summed E-state index contributed by atoms with van der Waals surface area (Å²) in [5.74, 6) is 0.207.